The van der Waals surface area contributed by atoms with Crippen molar-refractivity contribution in [1.82, 2.24) is 9.21 Å². The van der Waals surface area contributed by atoms with Crippen LogP contribution < -0.4 is 0 Å². The SMILES string of the molecule is CCN(Cc1ccccc1C)C(=O)c1cccc(S(=O)(=O)N2CCOCC2)c1. The molecule has 1 heterocycles. The Morgan fingerprint density at radius 3 is 2.50 bits per heavy atom. The highest BCUT2D eigenvalue weighted by atomic mass is 32.2. The van der Waals surface area contributed by atoms with Crippen LogP contribution in [0.15, 0.2) is 53.4 Å². The third kappa shape index (κ3) is 4.43. The summed E-state index contributed by atoms with van der Waals surface area (Å²) in [5, 5.41) is 0. The van der Waals surface area contributed by atoms with Gasteiger partial charge in [0.25, 0.3) is 5.91 Å². The number of hydrogen-bond acceptors (Lipinski definition) is 4. The minimum Gasteiger partial charge on any atom is -0.379 e. The van der Waals surface area contributed by atoms with Crippen LogP contribution in [-0.2, 0) is 21.3 Å². The Morgan fingerprint density at radius 1 is 1.11 bits per heavy atom. The number of nitrogens with zero attached hydrogens (tertiary/aromatic N) is 2. The van der Waals surface area contributed by atoms with Gasteiger partial charge in [0.15, 0.2) is 0 Å². The van der Waals surface area contributed by atoms with Crippen LogP contribution in [-0.4, -0.2) is 56.4 Å². The molecule has 3 rings (SSSR count). The predicted molar refractivity (Wildman–Crippen MR) is 108 cm³/mol. The topological polar surface area (TPSA) is 66.9 Å². The van der Waals surface area contributed by atoms with Crippen molar-refractivity contribution in [2.45, 2.75) is 25.3 Å². The second kappa shape index (κ2) is 8.86. The van der Waals surface area contributed by atoms with Gasteiger partial charge in [-0.3, -0.25) is 4.79 Å². The molecule has 1 amide bonds. The fourth-order valence-electron chi connectivity index (χ4n) is 3.23. The zero-order chi connectivity index (χ0) is 20.1. The van der Waals surface area contributed by atoms with E-state index >= 15 is 0 Å². The smallest absolute Gasteiger partial charge is 0.254 e. The number of aryl methyl sites for hydroxylation is 1. The number of rotatable bonds is 6. The van der Waals surface area contributed by atoms with Crippen molar-refractivity contribution in [1.29, 1.82) is 0 Å². The molecule has 1 aliphatic rings. The molecule has 0 radical (unpaired) electrons. The third-order valence-corrected chi connectivity index (χ3v) is 6.87. The zero-order valence-corrected chi connectivity index (χ0v) is 17.1. The van der Waals surface area contributed by atoms with Gasteiger partial charge in [-0.2, -0.15) is 4.31 Å². The molecule has 150 valence electrons. The number of ether oxygens (including phenoxy) is 1. The van der Waals surface area contributed by atoms with Gasteiger partial charge in [0.2, 0.25) is 10.0 Å². The van der Waals surface area contributed by atoms with E-state index in [1.54, 1.807) is 23.1 Å². The molecule has 0 N–H and O–H groups in total. The Bertz CT molecular complexity index is 937. The fraction of sp³-hybridized carbons (Fsp3) is 0.381. The molecule has 1 fully saturated rings. The van der Waals surface area contributed by atoms with Gasteiger partial charge in [0.1, 0.15) is 0 Å². The molecule has 0 spiro atoms. The van der Waals surface area contributed by atoms with Gasteiger partial charge in [-0.25, -0.2) is 8.42 Å². The van der Waals surface area contributed by atoms with Gasteiger partial charge in [-0.15, -0.1) is 0 Å². The molecular weight excluding hydrogens is 376 g/mol. The first-order chi connectivity index (χ1) is 13.4. The Labute approximate surface area is 166 Å². The van der Waals surface area contributed by atoms with Crippen LogP contribution in [0.5, 0.6) is 0 Å². The first-order valence-corrected chi connectivity index (χ1v) is 10.9. The Morgan fingerprint density at radius 2 is 1.82 bits per heavy atom. The molecule has 1 saturated heterocycles. The molecule has 0 unspecified atom stereocenters. The molecule has 0 saturated carbocycles. The van der Waals surface area contributed by atoms with Gasteiger partial charge in [-0.05, 0) is 43.2 Å². The number of sulfonamides is 1. The minimum atomic E-state index is -3.63. The average molecular weight is 403 g/mol. The Hall–Kier alpha value is -2.22. The third-order valence-electron chi connectivity index (χ3n) is 4.98. The lowest BCUT2D eigenvalue weighted by Crippen LogP contribution is -2.40. The maximum Gasteiger partial charge on any atom is 0.254 e. The Balaban J connectivity index is 1.83. The van der Waals surface area contributed by atoms with E-state index in [9.17, 15) is 13.2 Å². The summed E-state index contributed by atoms with van der Waals surface area (Å²) < 4.78 is 32.4. The zero-order valence-electron chi connectivity index (χ0n) is 16.3. The van der Waals surface area contributed by atoms with Crippen LogP contribution in [0.25, 0.3) is 0 Å². The molecule has 6 nitrogen and oxygen atoms in total. The summed E-state index contributed by atoms with van der Waals surface area (Å²) >= 11 is 0. The summed E-state index contributed by atoms with van der Waals surface area (Å²) in [4.78, 5) is 14.9. The van der Waals surface area contributed by atoms with Crippen LogP contribution in [0.2, 0.25) is 0 Å². The van der Waals surface area contributed by atoms with Crippen LogP contribution in [0.3, 0.4) is 0 Å². The van der Waals surface area contributed by atoms with Gasteiger partial charge < -0.3 is 9.64 Å². The molecule has 0 aromatic heterocycles. The van der Waals surface area contributed by atoms with Gasteiger partial charge in [0.05, 0.1) is 18.1 Å². The first-order valence-electron chi connectivity index (χ1n) is 9.45. The number of amides is 1. The quantitative estimate of drug-likeness (QED) is 0.745. The van der Waals surface area contributed by atoms with Gasteiger partial charge in [0, 0.05) is 31.7 Å². The van der Waals surface area contributed by atoms with Crippen LogP contribution in [0, 0.1) is 6.92 Å². The van der Waals surface area contributed by atoms with E-state index in [2.05, 4.69) is 0 Å². The lowest BCUT2D eigenvalue weighted by atomic mass is 10.1. The van der Waals surface area contributed by atoms with Crippen molar-refractivity contribution < 1.29 is 17.9 Å². The van der Waals surface area contributed by atoms with E-state index in [1.165, 1.54) is 10.4 Å². The molecule has 28 heavy (non-hydrogen) atoms. The summed E-state index contributed by atoms with van der Waals surface area (Å²) in [6.45, 7) is 6.39. The number of hydrogen-bond donors (Lipinski definition) is 0. The largest absolute Gasteiger partial charge is 0.379 e. The van der Waals surface area contributed by atoms with E-state index in [0.717, 1.165) is 11.1 Å². The summed E-state index contributed by atoms with van der Waals surface area (Å²) in [5.41, 5.74) is 2.58. The lowest BCUT2D eigenvalue weighted by molar-refractivity contribution is 0.0729. The van der Waals surface area contributed by atoms with Gasteiger partial charge >= 0.3 is 0 Å². The van der Waals surface area contributed by atoms with Crippen LogP contribution in [0.4, 0.5) is 0 Å². The van der Waals surface area contributed by atoms with Crippen LogP contribution in [0.1, 0.15) is 28.4 Å². The minimum absolute atomic E-state index is 0.146. The average Bonchev–Trinajstić information content (AvgIpc) is 2.73. The predicted octanol–water partition coefficient (Wildman–Crippen LogP) is 2.68. The number of carbonyl (C=O) groups excluding carboxylic acids is 1. The van der Waals surface area contributed by atoms with E-state index in [-0.39, 0.29) is 10.8 Å². The van der Waals surface area contributed by atoms with Gasteiger partial charge in [-0.1, -0.05) is 30.3 Å². The standard InChI is InChI=1S/C21H26N2O4S/c1-3-22(16-19-8-5-4-7-17(19)2)21(24)18-9-6-10-20(15-18)28(25,26)23-11-13-27-14-12-23/h4-10,15H,3,11-14,16H2,1-2H3. The summed E-state index contributed by atoms with van der Waals surface area (Å²) in [6.07, 6.45) is 0. The number of carbonyl (C=O) groups is 1. The number of morpholine rings is 1. The summed E-state index contributed by atoms with van der Waals surface area (Å²) in [7, 11) is -3.63. The monoisotopic (exact) mass is 402 g/mol. The van der Waals surface area contributed by atoms with Crippen LogP contribution >= 0.6 is 0 Å². The first kappa shape index (κ1) is 20.5. The molecule has 0 bridgehead atoms. The normalized spacial score (nSPS) is 15.4. The van der Waals surface area contributed by atoms with E-state index in [0.29, 0.717) is 45.0 Å². The highest BCUT2D eigenvalue weighted by Crippen LogP contribution is 2.20. The molecule has 0 aliphatic carbocycles. The van der Waals surface area contributed by atoms with Crippen molar-refractivity contribution in [2.75, 3.05) is 32.8 Å². The van der Waals surface area contributed by atoms with E-state index in [4.69, 9.17) is 4.74 Å². The highest BCUT2D eigenvalue weighted by molar-refractivity contribution is 7.89. The van der Waals surface area contributed by atoms with Crippen molar-refractivity contribution >= 4 is 15.9 Å². The van der Waals surface area contributed by atoms with Crippen molar-refractivity contribution in [2.24, 2.45) is 0 Å². The Kier molecular flexibility index (Phi) is 6.49. The second-order valence-corrected chi connectivity index (χ2v) is 8.73. The molecule has 0 atom stereocenters. The molecule has 7 heteroatoms. The van der Waals surface area contributed by atoms with E-state index < -0.39 is 10.0 Å². The maximum absolute atomic E-state index is 13.0. The van der Waals surface area contributed by atoms with Crippen molar-refractivity contribution in [3.63, 3.8) is 0 Å². The van der Waals surface area contributed by atoms with Crippen molar-refractivity contribution in [3.8, 4) is 0 Å². The lowest BCUT2D eigenvalue weighted by Gasteiger charge is -2.26. The fourth-order valence-corrected chi connectivity index (χ4v) is 4.68. The van der Waals surface area contributed by atoms with Crippen molar-refractivity contribution in [3.05, 3.63) is 65.2 Å². The summed E-state index contributed by atoms with van der Waals surface area (Å²) in [6, 6.07) is 14.3. The second-order valence-electron chi connectivity index (χ2n) is 6.79. The molecule has 1 aliphatic heterocycles. The molecular formula is C21H26N2O4S. The maximum atomic E-state index is 13.0. The summed E-state index contributed by atoms with van der Waals surface area (Å²) in [5.74, 6) is -0.176. The molecule has 2 aromatic carbocycles. The highest BCUT2D eigenvalue weighted by Gasteiger charge is 2.27. The number of benzene rings is 2. The molecule has 2 aromatic rings. The van der Waals surface area contributed by atoms with E-state index in [1.807, 2.05) is 38.1 Å².